The van der Waals surface area contributed by atoms with E-state index in [1.807, 2.05) is 40.2 Å². The molecule has 5 aromatic rings. The van der Waals surface area contributed by atoms with Gasteiger partial charge in [-0.1, -0.05) is 135 Å². The first-order chi connectivity index (χ1) is 31.0. The standard InChI is InChI=1S/C52H74N4O4S4/c1-6-8-10-12-14-16-18-20-22-24-26-38-32-33-61-48(38)45-30-28-43(62-45)44-29-31-46(63-44)49-39(27-25-23-21-19-17-15-13-11-9-7-2)34-47(64-49)41-37-56(54-53-41)40-35-42(50(57)58)55(36-40)51(59)60-52(3,4)5/h28-34,37,40,42H,6-27,35-36H2,1-5H3,(H,57,58)/t40-,42-/m0/s1. The molecule has 1 saturated heterocycles. The molecule has 8 nitrogen and oxygen atoms in total. The number of hydrogen-bond donors (Lipinski definition) is 1. The van der Waals surface area contributed by atoms with Gasteiger partial charge in [-0.3, -0.25) is 4.90 Å². The van der Waals surface area contributed by atoms with Gasteiger partial charge in [-0.2, -0.15) is 0 Å². The van der Waals surface area contributed by atoms with Crippen molar-refractivity contribution in [2.24, 2.45) is 0 Å². The molecule has 0 aromatic carbocycles. The highest BCUT2D eigenvalue weighted by atomic mass is 32.1. The summed E-state index contributed by atoms with van der Waals surface area (Å²) in [5.41, 5.74) is 2.90. The van der Waals surface area contributed by atoms with Crippen LogP contribution in [0.1, 0.15) is 187 Å². The second kappa shape index (κ2) is 25.6. The van der Waals surface area contributed by atoms with Crippen LogP contribution in [0.4, 0.5) is 4.79 Å². The SMILES string of the molecule is CCCCCCCCCCCCc1ccsc1-c1ccc(-c2ccc(-c3sc(-c4cn([C@H]5C[C@@H](C(=O)O)N(C(=O)OC(C)(C)C)C5)nn4)cc3CCCCCCCCCCCC)s2)s1. The minimum atomic E-state index is -1.04. The number of aromatic nitrogens is 3. The van der Waals surface area contributed by atoms with Crippen molar-refractivity contribution in [2.45, 2.75) is 200 Å². The van der Waals surface area contributed by atoms with Gasteiger partial charge in [0.1, 0.15) is 17.3 Å². The molecular weight excluding hydrogens is 873 g/mol. The molecule has 0 unspecified atom stereocenters. The summed E-state index contributed by atoms with van der Waals surface area (Å²) in [5, 5.41) is 21.4. The second-order valence-corrected chi connectivity index (χ2v) is 23.0. The Morgan fingerprint density at radius 1 is 0.672 bits per heavy atom. The van der Waals surface area contributed by atoms with Crippen LogP contribution in [-0.2, 0) is 22.4 Å². The van der Waals surface area contributed by atoms with Crippen molar-refractivity contribution in [1.29, 1.82) is 0 Å². The molecule has 1 aliphatic rings. The molecule has 350 valence electrons. The number of carbonyl (C=O) groups excluding carboxylic acids is 1. The van der Waals surface area contributed by atoms with Gasteiger partial charge in [0.25, 0.3) is 0 Å². The van der Waals surface area contributed by atoms with Crippen molar-refractivity contribution < 1.29 is 19.4 Å². The number of thiophene rings is 4. The van der Waals surface area contributed by atoms with Crippen LogP contribution >= 0.6 is 45.3 Å². The number of amides is 1. The van der Waals surface area contributed by atoms with Crippen molar-refractivity contribution in [1.82, 2.24) is 19.9 Å². The fourth-order valence-electron chi connectivity index (χ4n) is 8.82. The summed E-state index contributed by atoms with van der Waals surface area (Å²) < 4.78 is 7.31. The van der Waals surface area contributed by atoms with E-state index >= 15 is 0 Å². The molecular formula is C52H74N4O4S4. The number of carbonyl (C=O) groups is 2. The molecule has 0 saturated carbocycles. The van der Waals surface area contributed by atoms with Gasteiger partial charge in [0, 0.05) is 42.2 Å². The lowest BCUT2D eigenvalue weighted by atomic mass is 10.0. The number of unbranched alkanes of at least 4 members (excludes halogenated alkanes) is 18. The van der Waals surface area contributed by atoms with Crippen LogP contribution < -0.4 is 0 Å². The number of carboxylic acids is 1. The normalized spacial score (nSPS) is 15.4. The highest BCUT2D eigenvalue weighted by Crippen LogP contribution is 2.46. The number of hydrogen-bond acceptors (Lipinski definition) is 9. The first-order valence-electron chi connectivity index (χ1n) is 24.6. The third kappa shape index (κ3) is 14.8. The predicted octanol–water partition coefficient (Wildman–Crippen LogP) is 16.8. The number of likely N-dealkylation sites (tertiary alicyclic amines) is 1. The molecule has 6 rings (SSSR count). The topological polar surface area (TPSA) is 97.6 Å². The summed E-state index contributed by atoms with van der Waals surface area (Å²) in [6.45, 7) is 10.1. The second-order valence-electron chi connectivity index (χ2n) is 18.9. The number of carboxylic acid groups (broad SMARTS) is 1. The number of aliphatic carboxylic acids is 1. The molecule has 1 fully saturated rings. The monoisotopic (exact) mass is 946 g/mol. The van der Waals surface area contributed by atoms with Crippen molar-refractivity contribution >= 4 is 57.4 Å². The van der Waals surface area contributed by atoms with Crippen molar-refractivity contribution in [3.8, 4) is 39.8 Å². The Hall–Kier alpha value is -3.32. The maximum Gasteiger partial charge on any atom is 0.411 e. The minimum Gasteiger partial charge on any atom is -0.480 e. The number of rotatable bonds is 28. The Morgan fingerprint density at radius 3 is 1.73 bits per heavy atom. The maximum absolute atomic E-state index is 13.0. The minimum absolute atomic E-state index is 0.198. The quantitative estimate of drug-likeness (QED) is 0.0502. The lowest BCUT2D eigenvalue weighted by Gasteiger charge is -2.26. The van der Waals surface area contributed by atoms with Crippen LogP contribution in [0.3, 0.4) is 0 Å². The molecule has 5 aromatic heterocycles. The molecule has 6 heterocycles. The van der Waals surface area contributed by atoms with E-state index in [0.717, 1.165) is 29.8 Å². The Labute approximate surface area is 399 Å². The zero-order chi connectivity index (χ0) is 45.3. The third-order valence-electron chi connectivity index (χ3n) is 12.4. The Morgan fingerprint density at radius 2 is 1.19 bits per heavy atom. The molecule has 0 spiro atoms. The Bertz CT molecular complexity index is 2150. The molecule has 0 bridgehead atoms. The zero-order valence-electron chi connectivity index (χ0n) is 39.3. The first-order valence-corrected chi connectivity index (χ1v) is 27.9. The fourth-order valence-corrected chi connectivity index (χ4v) is 13.3. The van der Waals surface area contributed by atoms with E-state index in [2.05, 4.69) is 65.9 Å². The lowest BCUT2D eigenvalue weighted by Crippen LogP contribution is -2.43. The number of ether oxygens (including phenoxy) is 1. The highest BCUT2D eigenvalue weighted by molar-refractivity contribution is 7.28. The highest BCUT2D eigenvalue weighted by Gasteiger charge is 2.43. The first kappa shape index (κ1) is 50.1. The number of aryl methyl sites for hydroxylation is 2. The zero-order valence-corrected chi connectivity index (χ0v) is 42.6. The summed E-state index contributed by atoms with van der Waals surface area (Å²) in [6, 6.07) is 12.6. The van der Waals surface area contributed by atoms with Gasteiger partial charge >= 0.3 is 12.1 Å². The fraction of sp³-hybridized carbons (Fsp3) is 0.615. The van der Waals surface area contributed by atoms with Crippen LogP contribution in [0.15, 0.2) is 48.0 Å². The summed E-state index contributed by atoms with van der Waals surface area (Å²) in [6.07, 6.45) is 30.4. The van der Waals surface area contributed by atoms with Gasteiger partial charge in [-0.05, 0) is 99.4 Å². The maximum atomic E-state index is 13.0. The van der Waals surface area contributed by atoms with Crippen LogP contribution in [0.5, 0.6) is 0 Å². The van der Waals surface area contributed by atoms with E-state index in [1.54, 1.807) is 36.8 Å². The van der Waals surface area contributed by atoms with E-state index in [1.165, 1.54) is 167 Å². The molecule has 0 radical (unpaired) electrons. The van der Waals surface area contributed by atoms with Gasteiger partial charge in [0.15, 0.2) is 0 Å². The van der Waals surface area contributed by atoms with Gasteiger partial charge in [0.2, 0.25) is 0 Å². The largest absolute Gasteiger partial charge is 0.480 e. The van der Waals surface area contributed by atoms with E-state index < -0.39 is 23.7 Å². The van der Waals surface area contributed by atoms with E-state index in [4.69, 9.17) is 4.74 Å². The Balaban J connectivity index is 1.12. The Kier molecular flexibility index (Phi) is 20.0. The summed E-state index contributed by atoms with van der Waals surface area (Å²) in [7, 11) is 0. The molecule has 1 N–H and O–H groups in total. The van der Waals surface area contributed by atoms with Crippen LogP contribution in [0.25, 0.3) is 39.8 Å². The lowest BCUT2D eigenvalue weighted by molar-refractivity contribution is -0.142. The van der Waals surface area contributed by atoms with Crippen molar-refractivity contribution in [2.75, 3.05) is 6.54 Å². The summed E-state index contributed by atoms with van der Waals surface area (Å²) in [5.74, 6) is -1.04. The predicted molar refractivity (Wildman–Crippen MR) is 272 cm³/mol. The average Bonchev–Trinajstić information content (AvgIpc) is 4.12. The van der Waals surface area contributed by atoms with E-state index in [9.17, 15) is 14.7 Å². The van der Waals surface area contributed by atoms with E-state index in [0.29, 0.717) is 0 Å². The van der Waals surface area contributed by atoms with E-state index in [-0.39, 0.29) is 19.0 Å². The van der Waals surface area contributed by atoms with Crippen LogP contribution in [0.2, 0.25) is 0 Å². The molecule has 1 aliphatic heterocycles. The van der Waals surface area contributed by atoms with Gasteiger partial charge < -0.3 is 9.84 Å². The summed E-state index contributed by atoms with van der Waals surface area (Å²) >= 11 is 7.45. The van der Waals surface area contributed by atoms with Crippen molar-refractivity contribution in [3.05, 3.63) is 59.1 Å². The smallest absolute Gasteiger partial charge is 0.411 e. The average molecular weight is 947 g/mol. The van der Waals surface area contributed by atoms with Gasteiger partial charge in [-0.25, -0.2) is 14.3 Å². The van der Waals surface area contributed by atoms with Crippen LogP contribution in [-0.4, -0.2) is 55.3 Å². The van der Waals surface area contributed by atoms with Gasteiger partial charge in [0.05, 0.1) is 17.1 Å². The molecule has 0 aliphatic carbocycles. The summed E-state index contributed by atoms with van der Waals surface area (Å²) in [4.78, 5) is 35.6. The van der Waals surface area contributed by atoms with Gasteiger partial charge in [-0.15, -0.1) is 50.4 Å². The third-order valence-corrected chi connectivity index (χ3v) is 17.3. The number of nitrogens with zero attached hydrogens (tertiary/aromatic N) is 4. The molecule has 12 heteroatoms. The molecule has 1 amide bonds. The van der Waals surface area contributed by atoms with Crippen molar-refractivity contribution in [3.63, 3.8) is 0 Å². The molecule has 2 atom stereocenters. The molecule has 64 heavy (non-hydrogen) atoms. The van der Waals surface area contributed by atoms with Crippen LogP contribution in [0, 0.1) is 0 Å².